The molecular formula is C12H18O5. The van der Waals surface area contributed by atoms with E-state index in [0.29, 0.717) is 13.0 Å². The van der Waals surface area contributed by atoms with Crippen LogP contribution in [-0.4, -0.2) is 40.3 Å². The van der Waals surface area contributed by atoms with Crippen LogP contribution >= 0.6 is 0 Å². The quantitative estimate of drug-likeness (QED) is 0.599. The van der Waals surface area contributed by atoms with Gasteiger partial charge in [0.05, 0.1) is 6.61 Å². The van der Waals surface area contributed by atoms with Crippen molar-refractivity contribution >= 4 is 5.97 Å². The van der Waals surface area contributed by atoms with Crippen LogP contribution in [0.5, 0.6) is 0 Å². The summed E-state index contributed by atoms with van der Waals surface area (Å²) in [7, 11) is 0. The molecular weight excluding hydrogens is 224 g/mol. The molecule has 2 spiro atoms. The fraction of sp³-hybridized carbons (Fsp3) is 0.917. The van der Waals surface area contributed by atoms with E-state index in [4.69, 9.17) is 9.47 Å². The summed E-state index contributed by atoms with van der Waals surface area (Å²) in [4.78, 5) is 11.6. The van der Waals surface area contributed by atoms with Crippen LogP contribution in [0.2, 0.25) is 0 Å². The van der Waals surface area contributed by atoms with Crippen molar-refractivity contribution < 1.29 is 24.5 Å². The molecule has 1 saturated carbocycles. The summed E-state index contributed by atoms with van der Waals surface area (Å²) in [5, 5.41) is 20.0. The molecule has 2 aliphatic heterocycles. The van der Waals surface area contributed by atoms with Crippen molar-refractivity contribution in [2.24, 2.45) is 5.41 Å². The van der Waals surface area contributed by atoms with Crippen molar-refractivity contribution in [2.45, 2.75) is 56.5 Å². The largest absolute Gasteiger partial charge is 0.428 e. The van der Waals surface area contributed by atoms with Gasteiger partial charge in [0.15, 0.2) is 11.7 Å². The van der Waals surface area contributed by atoms with Gasteiger partial charge in [-0.1, -0.05) is 12.8 Å². The zero-order chi connectivity index (χ0) is 12.3. The lowest BCUT2D eigenvalue weighted by Gasteiger charge is -2.28. The van der Waals surface area contributed by atoms with Gasteiger partial charge in [-0.25, -0.2) is 4.79 Å². The maximum Gasteiger partial charge on any atom is 0.343 e. The van der Waals surface area contributed by atoms with Crippen LogP contribution in [0, 0.1) is 5.41 Å². The molecule has 3 rings (SSSR count). The Morgan fingerprint density at radius 3 is 2.53 bits per heavy atom. The van der Waals surface area contributed by atoms with Crippen LogP contribution in [0.1, 0.15) is 39.0 Å². The molecule has 2 N–H and O–H groups in total. The number of rotatable bonds is 0. The minimum absolute atomic E-state index is 0.0294. The molecule has 0 bridgehead atoms. The predicted molar refractivity (Wildman–Crippen MR) is 56.9 cm³/mol. The molecule has 5 heteroatoms. The molecule has 2 heterocycles. The highest BCUT2D eigenvalue weighted by Gasteiger charge is 2.68. The van der Waals surface area contributed by atoms with Gasteiger partial charge in [0.25, 0.3) is 0 Å². The summed E-state index contributed by atoms with van der Waals surface area (Å²) in [6, 6.07) is 0. The first-order chi connectivity index (χ1) is 7.90. The lowest BCUT2D eigenvalue weighted by molar-refractivity contribution is -0.223. The van der Waals surface area contributed by atoms with Gasteiger partial charge in [0, 0.05) is 11.8 Å². The van der Waals surface area contributed by atoms with Gasteiger partial charge in [-0.3, -0.25) is 0 Å². The zero-order valence-corrected chi connectivity index (χ0v) is 9.94. The third-order valence-corrected chi connectivity index (χ3v) is 4.54. The van der Waals surface area contributed by atoms with Crippen LogP contribution in [0.15, 0.2) is 0 Å². The third-order valence-electron chi connectivity index (χ3n) is 4.54. The minimum Gasteiger partial charge on any atom is -0.428 e. The normalized spacial score (nSPS) is 48.2. The fourth-order valence-electron chi connectivity index (χ4n) is 3.44. The summed E-state index contributed by atoms with van der Waals surface area (Å²) < 4.78 is 10.8. The lowest BCUT2D eigenvalue weighted by Crippen LogP contribution is -2.49. The van der Waals surface area contributed by atoms with Crippen molar-refractivity contribution in [3.8, 4) is 0 Å². The standard InChI is InChI=1S/C12H18O5/c1-10(15)8(13)12(17-9(10)14)6-11(7-16-12)4-2-3-5-11/h8,13,15H,2-7H2,1H3/t8-,10+,12-/m1/s1. The van der Waals surface area contributed by atoms with E-state index in [-0.39, 0.29) is 5.41 Å². The van der Waals surface area contributed by atoms with E-state index in [1.807, 2.05) is 0 Å². The Labute approximate surface area is 99.7 Å². The molecule has 17 heavy (non-hydrogen) atoms. The van der Waals surface area contributed by atoms with Crippen LogP contribution in [0.25, 0.3) is 0 Å². The molecule has 0 aromatic rings. The molecule has 96 valence electrons. The molecule has 1 aliphatic carbocycles. The highest BCUT2D eigenvalue weighted by Crippen LogP contribution is 2.54. The SMILES string of the molecule is C[C@@]1(O)C(=O)O[C@]2(CC3(CCCC3)CO2)[C@@H]1O. The fourth-order valence-corrected chi connectivity index (χ4v) is 3.44. The minimum atomic E-state index is -1.86. The van der Waals surface area contributed by atoms with Crippen molar-refractivity contribution in [3.63, 3.8) is 0 Å². The van der Waals surface area contributed by atoms with E-state index in [9.17, 15) is 15.0 Å². The van der Waals surface area contributed by atoms with Gasteiger partial charge in [0.1, 0.15) is 0 Å². The second-order valence-corrected chi connectivity index (χ2v) is 5.92. The van der Waals surface area contributed by atoms with Crippen molar-refractivity contribution in [1.82, 2.24) is 0 Å². The summed E-state index contributed by atoms with van der Waals surface area (Å²) in [5.74, 6) is -2.11. The van der Waals surface area contributed by atoms with Crippen molar-refractivity contribution in [1.29, 1.82) is 0 Å². The van der Waals surface area contributed by atoms with E-state index in [0.717, 1.165) is 25.7 Å². The Morgan fingerprint density at radius 2 is 2.00 bits per heavy atom. The van der Waals surface area contributed by atoms with E-state index in [1.54, 1.807) is 0 Å². The first-order valence-electron chi connectivity index (χ1n) is 6.18. The smallest absolute Gasteiger partial charge is 0.343 e. The molecule has 0 unspecified atom stereocenters. The molecule has 3 aliphatic rings. The zero-order valence-electron chi connectivity index (χ0n) is 9.94. The second-order valence-electron chi connectivity index (χ2n) is 5.92. The number of hydrogen-bond donors (Lipinski definition) is 2. The number of carbonyl (C=O) groups excluding carboxylic acids is 1. The van der Waals surface area contributed by atoms with Crippen LogP contribution in [0.3, 0.4) is 0 Å². The lowest BCUT2D eigenvalue weighted by atomic mass is 9.80. The number of carbonyl (C=O) groups is 1. The molecule has 2 saturated heterocycles. The second kappa shape index (κ2) is 3.22. The number of aliphatic hydroxyl groups is 2. The van der Waals surface area contributed by atoms with E-state index in [1.165, 1.54) is 6.92 Å². The summed E-state index contributed by atoms with van der Waals surface area (Å²) in [6.07, 6.45) is 3.59. The Balaban J connectivity index is 1.88. The topological polar surface area (TPSA) is 76.0 Å². The van der Waals surface area contributed by atoms with Gasteiger partial charge in [-0.05, 0) is 19.8 Å². The molecule has 0 aromatic carbocycles. The monoisotopic (exact) mass is 242 g/mol. The van der Waals surface area contributed by atoms with Crippen LogP contribution in [0.4, 0.5) is 0 Å². The number of ether oxygens (including phenoxy) is 2. The summed E-state index contributed by atoms with van der Waals surface area (Å²) in [6.45, 7) is 1.78. The molecule has 0 amide bonds. The highest BCUT2D eigenvalue weighted by molar-refractivity contribution is 5.82. The molecule has 3 atom stereocenters. The molecule has 5 nitrogen and oxygen atoms in total. The maximum absolute atomic E-state index is 11.6. The van der Waals surface area contributed by atoms with Crippen LogP contribution < -0.4 is 0 Å². The Morgan fingerprint density at radius 1 is 1.35 bits per heavy atom. The van der Waals surface area contributed by atoms with E-state index >= 15 is 0 Å². The number of hydrogen-bond acceptors (Lipinski definition) is 5. The third kappa shape index (κ3) is 1.39. The van der Waals surface area contributed by atoms with Crippen molar-refractivity contribution in [2.75, 3.05) is 6.61 Å². The molecule has 0 aromatic heterocycles. The first kappa shape index (κ1) is 11.4. The van der Waals surface area contributed by atoms with Crippen LogP contribution in [-0.2, 0) is 14.3 Å². The highest BCUT2D eigenvalue weighted by atomic mass is 16.7. The first-order valence-corrected chi connectivity index (χ1v) is 6.18. The van der Waals surface area contributed by atoms with E-state index in [2.05, 4.69) is 0 Å². The van der Waals surface area contributed by atoms with Crippen molar-refractivity contribution in [3.05, 3.63) is 0 Å². The van der Waals surface area contributed by atoms with Gasteiger partial charge < -0.3 is 19.7 Å². The Bertz CT molecular complexity index is 358. The van der Waals surface area contributed by atoms with Gasteiger partial charge >= 0.3 is 5.97 Å². The maximum atomic E-state index is 11.6. The Hall–Kier alpha value is -0.650. The average Bonchev–Trinajstić information content (AvgIpc) is 2.90. The Kier molecular flexibility index (Phi) is 2.16. The number of esters is 1. The van der Waals surface area contributed by atoms with E-state index < -0.39 is 23.5 Å². The predicted octanol–water partition coefficient (Wildman–Crippen LogP) is 0.332. The molecule has 3 fully saturated rings. The number of aliphatic hydroxyl groups excluding tert-OH is 1. The van der Waals surface area contributed by atoms with Gasteiger partial charge in [-0.2, -0.15) is 0 Å². The average molecular weight is 242 g/mol. The summed E-state index contributed by atoms with van der Waals surface area (Å²) in [5.41, 5.74) is -1.83. The van der Waals surface area contributed by atoms with Gasteiger partial charge in [-0.15, -0.1) is 0 Å². The molecule has 0 radical (unpaired) electrons. The summed E-state index contributed by atoms with van der Waals surface area (Å²) >= 11 is 0. The van der Waals surface area contributed by atoms with Gasteiger partial charge in [0.2, 0.25) is 5.79 Å².